The number of hydrogen-bond acceptors (Lipinski definition) is 5. The average molecular weight is 580 g/mol. The monoisotopic (exact) mass is 579 g/mol. The maximum absolute atomic E-state index is 14.6. The summed E-state index contributed by atoms with van der Waals surface area (Å²) in [5.74, 6) is -1.23. The zero-order valence-corrected chi connectivity index (χ0v) is 25.2. The first-order valence-corrected chi connectivity index (χ1v) is 16.1. The highest BCUT2D eigenvalue weighted by Crippen LogP contribution is 2.71. The van der Waals surface area contributed by atoms with E-state index in [2.05, 4.69) is 20.1 Å². The molecule has 3 saturated heterocycles. The van der Waals surface area contributed by atoms with E-state index in [-0.39, 0.29) is 30.4 Å². The molecule has 5 rings (SSSR count). The molecule has 5 atom stereocenters. The van der Waals surface area contributed by atoms with Crippen molar-refractivity contribution in [3.8, 4) is 0 Å². The van der Waals surface area contributed by atoms with Gasteiger partial charge in [-0.1, -0.05) is 61.7 Å². The van der Waals surface area contributed by atoms with Crippen LogP contribution in [0, 0.1) is 11.8 Å². The quantitative estimate of drug-likeness (QED) is 0.371. The number of hydrogen-bond donors (Lipinski definition) is 1. The van der Waals surface area contributed by atoms with Crippen LogP contribution in [0.5, 0.6) is 0 Å². The minimum absolute atomic E-state index is 0.0114. The molecule has 8 heteroatoms. The minimum atomic E-state index is -0.653. The maximum Gasteiger partial charge on any atom is 0.247 e. The van der Waals surface area contributed by atoms with Crippen LogP contribution in [0.2, 0.25) is 0 Å². The molecule has 4 aliphatic rings. The Kier molecular flexibility index (Phi) is 9.00. The predicted molar refractivity (Wildman–Crippen MR) is 163 cm³/mol. The van der Waals surface area contributed by atoms with Crippen molar-refractivity contribution >= 4 is 29.5 Å². The second kappa shape index (κ2) is 12.3. The van der Waals surface area contributed by atoms with E-state index in [1.54, 1.807) is 28.8 Å². The number of carbonyl (C=O) groups excluding carboxylic acids is 3. The summed E-state index contributed by atoms with van der Waals surface area (Å²) >= 11 is 1.72. The van der Waals surface area contributed by atoms with Gasteiger partial charge in [0.15, 0.2) is 0 Å². The molecule has 1 spiro atoms. The average Bonchev–Trinajstić information content (AvgIpc) is 3.55. The SMILES string of the molecule is C=CCN(Cc1ccccc1)C(=O)[C@@H]1[C@H]2C(=O)N(CCCO)C(C(=O)N(CC=C)C3CCCCC3)C23CC[C@@]1(C)S3. The highest BCUT2D eigenvalue weighted by Gasteiger charge is 2.77. The molecular formula is C33H45N3O4S. The van der Waals surface area contributed by atoms with Gasteiger partial charge in [0, 0.05) is 43.6 Å². The van der Waals surface area contributed by atoms with E-state index in [0.29, 0.717) is 32.6 Å². The molecule has 3 heterocycles. The summed E-state index contributed by atoms with van der Waals surface area (Å²) in [4.78, 5) is 49.0. The minimum Gasteiger partial charge on any atom is -0.396 e. The summed E-state index contributed by atoms with van der Waals surface area (Å²) in [6.07, 6.45) is 10.8. The normalized spacial score (nSPS) is 30.7. The van der Waals surface area contributed by atoms with Crippen LogP contribution in [-0.4, -0.2) is 85.3 Å². The Bertz CT molecular complexity index is 1150. The van der Waals surface area contributed by atoms with Gasteiger partial charge in [0.05, 0.1) is 16.6 Å². The van der Waals surface area contributed by atoms with Gasteiger partial charge in [-0.05, 0) is 44.6 Å². The van der Waals surface area contributed by atoms with Crippen LogP contribution in [0.4, 0.5) is 0 Å². The number of benzene rings is 1. The summed E-state index contributed by atoms with van der Waals surface area (Å²) in [6, 6.07) is 9.41. The van der Waals surface area contributed by atoms with Crippen molar-refractivity contribution in [1.82, 2.24) is 14.7 Å². The van der Waals surface area contributed by atoms with E-state index in [4.69, 9.17) is 0 Å². The second-order valence-corrected chi connectivity index (χ2v) is 14.3. The Morgan fingerprint density at radius 3 is 2.44 bits per heavy atom. The fourth-order valence-electron chi connectivity index (χ4n) is 8.06. The van der Waals surface area contributed by atoms with Gasteiger partial charge in [-0.15, -0.1) is 24.9 Å². The molecule has 222 valence electrons. The first kappa shape index (κ1) is 29.9. The van der Waals surface area contributed by atoms with Gasteiger partial charge < -0.3 is 19.8 Å². The lowest BCUT2D eigenvalue weighted by Crippen LogP contribution is -2.57. The predicted octanol–water partition coefficient (Wildman–Crippen LogP) is 4.41. The van der Waals surface area contributed by atoms with Crippen LogP contribution in [-0.2, 0) is 20.9 Å². The van der Waals surface area contributed by atoms with Crippen LogP contribution in [0.3, 0.4) is 0 Å². The molecule has 2 bridgehead atoms. The Hall–Kier alpha value is -2.58. The third kappa shape index (κ3) is 5.27. The number of aliphatic hydroxyl groups is 1. The van der Waals surface area contributed by atoms with E-state index < -0.39 is 27.4 Å². The number of aliphatic hydroxyl groups excluding tert-OH is 1. The van der Waals surface area contributed by atoms with Crippen LogP contribution in [0.1, 0.15) is 63.9 Å². The number of carbonyl (C=O) groups is 3. The summed E-state index contributed by atoms with van der Waals surface area (Å²) in [6.45, 7) is 11.5. The van der Waals surface area contributed by atoms with Crippen molar-refractivity contribution in [3.63, 3.8) is 0 Å². The van der Waals surface area contributed by atoms with E-state index in [1.807, 2.05) is 40.1 Å². The first-order valence-electron chi connectivity index (χ1n) is 15.3. The van der Waals surface area contributed by atoms with Gasteiger partial charge in [-0.3, -0.25) is 14.4 Å². The number of fused-ring (bicyclic) bond motifs is 1. The summed E-state index contributed by atoms with van der Waals surface area (Å²) in [7, 11) is 0. The smallest absolute Gasteiger partial charge is 0.247 e. The molecule has 41 heavy (non-hydrogen) atoms. The van der Waals surface area contributed by atoms with E-state index in [0.717, 1.165) is 44.1 Å². The van der Waals surface area contributed by atoms with Crippen molar-refractivity contribution in [1.29, 1.82) is 0 Å². The van der Waals surface area contributed by atoms with E-state index in [9.17, 15) is 19.5 Å². The van der Waals surface area contributed by atoms with Crippen LogP contribution < -0.4 is 0 Å². The van der Waals surface area contributed by atoms with Crippen molar-refractivity contribution < 1.29 is 19.5 Å². The molecule has 1 N–H and O–H groups in total. The molecule has 3 amide bonds. The largest absolute Gasteiger partial charge is 0.396 e. The molecule has 4 fully saturated rings. The Labute approximate surface area is 249 Å². The van der Waals surface area contributed by atoms with E-state index in [1.165, 1.54) is 6.42 Å². The molecule has 1 aromatic rings. The van der Waals surface area contributed by atoms with E-state index >= 15 is 0 Å². The standard InChI is InChI=1S/C33H45N3O4S/c1-4-19-34(23-24-13-8-6-9-14-24)29(38)26-27-30(39)36(21-12-22-37)28(33(27)18-17-32(26,3)41-33)31(40)35(20-5-2)25-15-10-7-11-16-25/h4-6,8-9,13-14,25-28,37H,1-2,7,10-12,15-23H2,3H3/t26-,27-,28?,32+,33?/m0/s1. The highest BCUT2D eigenvalue weighted by molar-refractivity contribution is 8.02. The summed E-state index contributed by atoms with van der Waals surface area (Å²) < 4.78 is -1.08. The molecular weight excluding hydrogens is 534 g/mol. The Morgan fingerprint density at radius 1 is 1.07 bits per heavy atom. The Balaban J connectivity index is 1.51. The number of amides is 3. The fraction of sp³-hybridized carbons (Fsp3) is 0.606. The zero-order valence-electron chi connectivity index (χ0n) is 24.4. The first-order chi connectivity index (χ1) is 19.8. The molecule has 7 nitrogen and oxygen atoms in total. The number of likely N-dealkylation sites (tertiary alicyclic amines) is 1. The Morgan fingerprint density at radius 2 is 1.78 bits per heavy atom. The number of thioether (sulfide) groups is 1. The van der Waals surface area contributed by atoms with Crippen molar-refractivity contribution in [2.45, 2.75) is 86.4 Å². The fourth-order valence-corrected chi connectivity index (χ4v) is 10.4. The lowest BCUT2D eigenvalue weighted by atomic mass is 9.66. The maximum atomic E-state index is 14.6. The summed E-state index contributed by atoms with van der Waals surface area (Å²) in [5, 5.41) is 9.70. The summed E-state index contributed by atoms with van der Waals surface area (Å²) in [5.41, 5.74) is 1.03. The number of rotatable bonds is 12. The van der Waals surface area contributed by atoms with Crippen LogP contribution in [0.25, 0.3) is 0 Å². The third-order valence-electron chi connectivity index (χ3n) is 9.84. The number of nitrogens with zero attached hydrogens (tertiary/aromatic N) is 3. The van der Waals surface area contributed by atoms with Gasteiger partial charge in [0.25, 0.3) is 0 Å². The lowest BCUT2D eigenvalue weighted by Gasteiger charge is -2.41. The topological polar surface area (TPSA) is 81.2 Å². The molecule has 0 radical (unpaired) electrons. The zero-order chi connectivity index (χ0) is 29.2. The highest BCUT2D eigenvalue weighted by atomic mass is 32.2. The third-order valence-corrected chi connectivity index (χ3v) is 11.8. The van der Waals surface area contributed by atoms with Gasteiger partial charge in [0.2, 0.25) is 17.7 Å². The second-order valence-electron chi connectivity index (χ2n) is 12.4. The van der Waals surface area contributed by atoms with Crippen LogP contribution in [0.15, 0.2) is 55.6 Å². The van der Waals surface area contributed by atoms with Crippen molar-refractivity contribution in [3.05, 3.63) is 61.2 Å². The van der Waals surface area contributed by atoms with Gasteiger partial charge in [0.1, 0.15) is 6.04 Å². The molecule has 1 aliphatic carbocycles. The van der Waals surface area contributed by atoms with Crippen molar-refractivity contribution in [2.75, 3.05) is 26.2 Å². The van der Waals surface area contributed by atoms with Gasteiger partial charge >= 0.3 is 0 Å². The molecule has 0 aromatic heterocycles. The molecule has 1 saturated carbocycles. The van der Waals surface area contributed by atoms with Crippen molar-refractivity contribution in [2.24, 2.45) is 11.8 Å². The lowest BCUT2D eigenvalue weighted by molar-refractivity contribution is -0.146. The molecule has 3 aliphatic heterocycles. The van der Waals surface area contributed by atoms with Gasteiger partial charge in [-0.2, -0.15) is 0 Å². The van der Waals surface area contributed by atoms with Gasteiger partial charge in [-0.25, -0.2) is 0 Å². The molecule has 1 aromatic carbocycles. The van der Waals surface area contributed by atoms with Crippen LogP contribution >= 0.6 is 11.8 Å². The molecule has 2 unspecified atom stereocenters.